The van der Waals surface area contributed by atoms with Crippen molar-refractivity contribution in [3.63, 3.8) is 0 Å². The van der Waals surface area contributed by atoms with Gasteiger partial charge in [-0.1, -0.05) is 0 Å². The molecule has 0 saturated heterocycles. The number of hydrogen-bond donors (Lipinski definition) is 0. The number of hydrogen-bond acceptors (Lipinski definition) is 1. The molecule has 0 aliphatic rings. The summed E-state index contributed by atoms with van der Waals surface area (Å²) >= 11 is 0.362. The van der Waals surface area contributed by atoms with Crippen LogP contribution in [0.5, 0.6) is 0 Å². The van der Waals surface area contributed by atoms with Crippen molar-refractivity contribution in [2.24, 2.45) is 0 Å². The van der Waals surface area contributed by atoms with Gasteiger partial charge in [0.05, 0.1) is 0 Å². The Morgan fingerprint density at radius 2 is 2.30 bits per heavy atom. The molecule has 0 amide bonds. The van der Waals surface area contributed by atoms with E-state index in [1.165, 1.54) is 15.2 Å². The molecule has 0 N–H and O–H groups in total. The molecular formula is C8H7NSe. The summed E-state index contributed by atoms with van der Waals surface area (Å²) in [6.07, 6.45) is 1.97. The summed E-state index contributed by atoms with van der Waals surface area (Å²) < 4.78 is 5.65. The van der Waals surface area contributed by atoms with Crippen LogP contribution < -0.4 is 0 Å². The van der Waals surface area contributed by atoms with Crippen molar-refractivity contribution in [2.75, 3.05) is 0 Å². The van der Waals surface area contributed by atoms with Gasteiger partial charge >= 0.3 is 65.2 Å². The van der Waals surface area contributed by atoms with Crippen molar-refractivity contribution in [3.05, 3.63) is 30.0 Å². The fraction of sp³-hybridized carbons (Fsp3) is 0.125. The van der Waals surface area contributed by atoms with Gasteiger partial charge in [-0.25, -0.2) is 0 Å². The Morgan fingerprint density at radius 3 is 3.20 bits per heavy atom. The number of aryl methyl sites for hydroxylation is 1. The van der Waals surface area contributed by atoms with Gasteiger partial charge in [0.2, 0.25) is 0 Å². The minimum atomic E-state index is 0.362. The SMILES string of the molecule is Cc1ccc2cn[se]c2c1. The molecule has 2 heteroatoms. The average Bonchev–Trinajstić information content (AvgIpc) is 2.33. The zero-order chi connectivity index (χ0) is 6.97. The molecular weight excluding hydrogens is 189 g/mol. The molecule has 1 aromatic heterocycles. The zero-order valence-electron chi connectivity index (χ0n) is 5.66. The fourth-order valence-corrected chi connectivity index (χ4v) is 2.53. The van der Waals surface area contributed by atoms with Gasteiger partial charge in [0.1, 0.15) is 0 Å². The van der Waals surface area contributed by atoms with Crippen LogP contribution in [0.15, 0.2) is 24.4 Å². The Balaban J connectivity index is 2.86. The molecule has 0 aliphatic heterocycles. The summed E-state index contributed by atoms with van der Waals surface area (Å²) in [7, 11) is 0. The predicted octanol–water partition coefficient (Wildman–Crippen LogP) is 1.60. The summed E-state index contributed by atoms with van der Waals surface area (Å²) in [6, 6.07) is 6.50. The molecule has 0 atom stereocenters. The number of aromatic nitrogens is 1. The first-order valence-corrected chi connectivity index (χ1v) is 4.79. The first kappa shape index (κ1) is 6.14. The molecule has 0 aliphatic carbocycles. The van der Waals surface area contributed by atoms with E-state index in [0.717, 1.165) is 0 Å². The molecule has 0 spiro atoms. The molecule has 0 saturated carbocycles. The van der Waals surface area contributed by atoms with Crippen molar-refractivity contribution in [1.29, 1.82) is 0 Å². The summed E-state index contributed by atoms with van der Waals surface area (Å²) in [5.41, 5.74) is 1.34. The van der Waals surface area contributed by atoms with Crippen molar-refractivity contribution in [3.8, 4) is 0 Å². The monoisotopic (exact) mass is 197 g/mol. The fourth-order valence-electron chi connectivity index (χ4n) is 0.967. The second kappa shape index (κ2) is 2.22. The topological polar surface area (TPSA) is 12.9 Å². The van der Waals surface area contributed by atoms with Gasteiger partial charge in [-0.05, 0) is 0 Å². The molecule has 1 nitrogen and oxygen atoms in total. The molecule has 10 heavy (non-hydrogen) atoms. The Hall–Kier alpha value is -0.591. The Morgan fingerprint density at radius 1 is 1.40 bits per heavy atom. The third-order valence-electron chi connectivity index (χ3n) is 1.51. The van der Waals surface area contributed by atoms with Crippen LogP contribution in [0.4, 0.5) is 0 Å². The van der Waals surface area contributed by atoms with E-state index in [0.29, 0.717) is 14.7 Å². The van der Waals surface area contributed by atoms with Crippen LogP contribution in [-0.4, -0.2) is 18.7 Å². The molecule has 1 aromatic carbocycles. The second-order valence-corrected chi connectivity index (χ2v) is 4.12. The van der Waals surface area contributed by atoms with Gasteiger partial charge in [-0.3, -0.25) is 0 Å². The van der Waals surface area contributed by atoms with Gasteiger partial charge in [0.15, 0.2) is 0 Å². The standard InChI is InChI=1S/C8H7NSe/c1-6-2-3-7-5-9-10-8(7)4-6/h2-5H,1H3. The van der Waals surface area contributed by atoms with Crippen molar-refractivity contribution >= 4 is 24.4 Å². The molecule has 0 fully saturated rings. The van der Waals surface area contributed by atoms with Gasteiger partial charge in [0, 0.05) is 0 Å². The van der Waals surface area contributed by atoms with Crippen LogP contribution in [-0.2, 0) is 0 Å². The first-order valence-electron chi connectivity index (χ1n) is 3.17. The van der Waals surface area contributed by atoms with E-state index in [1.807, 2.05) is 6.20 Å². The summed E-state index contributed by atoms with van der Waals surface area (Å²) in [4.78, 5) is 0. The van der Waals surface area contributed by atoms with E-state index < -0.39 is 0 Å². The van der Waals surface area contributed by atoms with E-state index in [9.17, 15) is 0 Å². The summed E-state index contributed by atoms with van der Waals surface area (Å²) in [5.74, 6) is 0. The third-order valence-corrected chi connectivity index (χ3v) is 3.11. The number of fused-ring (bicyclic) bond motifs is 1. The van der Waals surface area contributed by atoms with Crippen LogP contribution in [0, 0.1) is 6.92 Å². The minimum absolute atomic E-state index is 0.362. The average molecular weight is 196 g/mol. The Kier molecular flexibility index (Phi) is 1.37. The van der Waals surface area contributed by atoms with E-state index in [4.69, 9.17) is 0 Å². The van der Waals surface area contributed by atoms with Crippen LogP contribution in [0.3, 0.4) is 0 Å². The van der Waals surface area contributed by atoms with E-state index in [1.54, 1.807) is 0 Å². The normalized spacial score (nSPS) is 10.5. The van der Waals surface area contributed by atoms with Crippen LogP contribution in [0.1, 0.15) is 5.56 Å². The van der Waals surface area contributed by atoms with E-state index in [-0.39, 0.29) is 0 Å². The summed E-state index contributed by atoms with van der Waals surface area (Å²) in [6.45, 7) is 2.12. The summed E-state index contributed by atoms with van der Waals surface area (Å²) in [5, 5.41) is 1.31. The molecule has 1 heterocycles. The number of benzene rings is 1. The van der Waals surface area contributed by atoms with Crippen LogP contribution in [0.2, 0.25) is 0 Å². The molecule has 50 valence electrons. The number of rotatable bonds is 0. The third kappa shape index (κ3) is 0.898. The molecule has 2 aromatic rings. The maximum absolute atomic E-state index is 4.23. The second-order valence-electron chi connectivity index (χ2n) is 2.37. The molecule has 0 bridgehead atoms. The number of nitrogens with zero attached hydrogens (tertiary/aromatic N) is 1. The van der Waals surface area contributed by atoms with Gasteiger partial charge in [-0.2, -0.15) is 0 Å². The zero-order valence-corrected chi connectivity index (χ0v) is 7.38. The van der Waals surface area contributed by atoms with E-state index >= 15 is 0 Å². The van der Waals surface area contributed by atoms with Crippen molar-refractivity contribution in [1.82, 2.24) is 3.98 Å². The van der Waals surface area contributed by atoms with E-state index in [2.05, 4.69) is 29.1 Å². The predicted molar refractivity (Wildman–Crippen MR) is 43.4 cm³/mol. The van der Waals surface area contributed by atoms with Gasteiger partial charge < -0.3 is 0 Å². The quantitative estimate of drug-likeness (QED) is 0.583. The van der Waals surface area contributed by atoms with Crippen molar-refractivity contribution < 1.29 is 0 Å². The van der Waals surface area contributed by atoms with Crippen LogP contribution in [0.25, 0.3) is 9.65 Å². The Bertz CT molecular complexity index is 351. The molecule has 2 rings (SSSR count). The Labute approximate surface area is 65.7 Å². The maximum atomic E-state index is 4.23. The van der Waals surface area contributed by atoms with Gasteiger partial charge in [-0.15, -0.1) is 0 Å². The first-order chi connectivity index (χ1) is 4.86. The molecule has 0 unspecified atom stereocenters. The van der Waals surface area contributed by atoms with Crippen molar-refractivity contribution in [2.45, 2.75) is 6.92 Å². The van der Waals surface area contributed by atoms with Crippen LogP contribution >= 0.6 is 0 Å². The molecule has 0 radical (unpaired) electrons. The van der Waals surface area contributed by atoms with Gasteiger partial charge in [0.25, 0.3) is 0 Å².